The fraction of sp³-hybridized carbons (Fsp3) is 0.375. The van der Waals surface area contributed by atoms with E-state index in [-0.39, 0.29) is 25.1 Å². The summed E-state index contributed by atoms with van der Waals surface area (Å²) in [6.45, 7) is 0.168. The standard InChI is InChI=1S/C16H21N3O2S/c1-22-8-7-14(11-20)18-16(21)10-19-9-15(17-12-19)13-5-3-2-4-6-13/h2-6,9,12,14,20H,7-8,10-11H2,1H3,(H,18,21)/t14-/m1/s1. The number of aliphatic hydroxyl groups excluding tert-OH is 1. The lowest BCUT2D eigenvalue weighted by Crippen LogP contribution is -2.39. The van der Waals surface area contributed by atoms with E-state index in [2.05, 4.69) is 10.3 Å². The van der Waals surface area contributed by atoms with Crippen LogP contribution < -0.4 is 5.32 Å². The monoisotopic (exact) mass is 319 g/mol. The quantitative estimate of drug-likeness (QED) is 0.778. The number of aliphatic hydroxyl groups is 1. The number of carbonyl (C=O) groups is 1. The summed E-state index contributed by atoms with van der Waals surface area (Å²) in [5, 5.41) is 12.1. The van der Waals surface area contributed by atoms with Crippen LogP contribution >= 0.6 is 11.8 Å². The Balaban J connectivity index is 1.91. The highest BCUT2D eigenvalue weighted by Gasteiger charge is 2.12. The van der Waals surface area contributed by atoms with Crippen molar-refractivity contribution >= 4 is 17.7 Å². The zero-order chi connectivity index (χ0) is 15.8. The molecule has 1 aromatic carbocycles. The Morgan fingerprint density at radius 3 is 2.86 bits per heavy atom. The molecule has 0 unspecified atom stereocenters. The Labute approximate surface area is 134 Å². The van der Waals surface area contributed by atoms with Crippen LogP contribution in [0.2, 0.25) is 0 Å². The van der Waals surface area contributed by atoms with Gasteiger partial charge in [-0.2, -0.15) is 11.8 Å². The molecule has 0 bridgehead atoms. The van der Waals surface area contributed by atoms with Gasteiger partial charge in [0.25, 0.3) is 0 Å². The molecule has 2 N–H and O–H groups in total. The lowest BCUT2D eigenvalue weighted by Gasteiger charge is -2.15. The summed E-state index contributed by atoms with van der Waals surface area (Å²) < 4.78 is 1.75. The number of benzene rings is 1. The van der Waals surface area contributed by atoms with Gasteiger partial charge < -0.3 is 15.0 Å². The van der Waals surface area contributed by atoms with Crippen LogP contribution in [0.4, 0.5) is 0 Å². The molecule has 1 heterocycles. The zero-order valence-corrected chi connectivity index (χ0v) is 13.4. The number of hydrogen-bond acceptors (Lipinski definition) is 4. The summed E-state index contributed by atoms with van der Waals surface area (Å²) in [6, 6.07) is 9.65. The first-order valence-corrected chi connectivity index (χ1v) is 8.58. The molecule has 0 fully saturated rings. The summed E-state index contributed by atoms with van der Waals surface area (Å²) in [4.78, 5) is 16.3. The average Bonchev–Trinajstić information content (AvgIpc) is 3.00. The molecule has 2 aromatic rings. The number of nitrogens with one attached hydrogen (secondary N) is 1. The minimum atomic E-state index is -0.183. The lowest BCUT2D eigenvalue weighted by atomic mass is 10.2. The summed E-state index contributed by atoms with van der Waals surface area (Å²) in [7, 11) is 0. The third kappa shape index (κ3) is 4.89. The molecule has 1 amide bonds. The minimum absolute atomic E-state index is 0.0362. The molecule has 1 aromatic heterocycles. The molecular formula is C16H21N3O2S. The predicted octanol–water partition coefficient (Wildman–Crippen LogP) is 1.78. The molecule has 0 aliphatic heterocycles. The number of imidazole rings is 1. The third-order valence-electron chi connectivity index (χ3n) is 3.28. The van der Waals surface area contributed by atoms with E-state index in [1.54, 1.807) is 22.7 Å². The van der Waals surface area contributed by atoms with Crippen LogP contribution in [0.15, 0.2) is 42.9 Å². The van der Waals surface area contributed by atoms with Crippen molar-refractivity contribution in [3.05, 3.63) is 42.9 Å². The van der Waals surface area contributed by atoms with Crippen molar-refractivity contribution in [2.75, 3.05) is 18.6 Å². The van der Waals surface area contributed by atoms with Gasteiger partial charge in [0.15, 0.2) is 0 Å². The summed E-state index contributed by atoms with van der Waals surface area (Å²) in [5.74, 6) is 0.798. The van der Waals surface area contributed by atoms with Crippen LogP contribution in [0.25, 0.3) is 11.3 Å². The fourth-order valence-corrected chi connectivity index (χ4v) is 2.63. The maximum atomic E-state index is 12.0. The number of carbonyl (C=O) groups excluding carboxylic acids is 1. The molecule has 5 nitrogen and oxygen atoms in total. The highest BCUT2D eigenvalue weighted by atomic mass is 32.2. The van der Waals surface area contributed by atoms with E-state index in [1.165, 1.54) is 0 Å². The smallest absolute Gasteiger partial charge is 0.240 e. The number of hydrogen-bond donors (Lipinski definition) is 2. The van der Waals surface area contributed by atoms with Crippen molar-refractivity contribution in [3.63, 3.8) is 0 Å². The number of rotatable bonds is 8. The summed E-state index contributed by atoms with van der Waals surface area (Å²) in [6.07, 6.45) is 6.28. The van der Waals surface area contributed by atoms with Gasteiger partial charge in [-0.3, -0.25) is 4.79 Å². The molecule has 0 spiro atoms. The number of nitrogens with zero attached hydrogens (tertiary/aromatic N) is 2. The topological polar surface area (TPSA) is 67.2 Å². The van der Waals surface area contributed by atoms with Gasteiger partial charge in [0.05, 0.1) is 24.7 Å². The van der Waals surface area contributed by atoms with Crippen LogP contribution in [0, 0.1) is 0 Å². The first-order chi connectivity index (χ1) is 10.7. The van der Waals surface area contributed by atoms with Gasteiger partial charge in [-0.05, 0) is 18.4 Å². The van der Waals surface area contributed by atoms with Crippen molar-refractivity contribution in [2.45, 2.75) is 19.0 Å². The van der Waals surface area contributed by atoms with E-state index in [9.17, 15) is 9.90 Å². The van der Waals surface area contributed by atoms with Gasteiger partial charge in [-0.15, -0.1) is 0 Å². The third-order valence-corrected chi connectivity index (χ3v) is 3.93. The minimum Gasteiger partial charge on any atom is -0.394 e. The van der Waals surface area contributed by atoms with Crippen molar-refractivity contribution in [2.24, 2.45) is 0 Å². The van der Waals surface area contributed by atoms with Crippen molar-refractivity contribution in [3.8, 4) is 11.3 Å². The van der Waals surface area contributed by atoms with Gasteiger partial charge >= 0.3 is 0 Å². The first kappa shape index (κ1) is 16.6. The number of aromatic nitrogens is 2. The van der Waals surface area contributed by atoms with Gasteiger partial charge in [-0.25, -0.2) is 4.98 Å². The average molecular weight is 319 g/mol. The number of amides is 1. The maximum Gasteiger partial charge on any atom is 0.240 e. The Bertz CT molecular complexity index is 586. The largest absolute Gasteiger partial charge is 0.394 e. The molecule has 6 heteroatoms. The number of thioether (sulfide) groups is 1. The van der Waals surface area contributed by atoms with E-state index in [0.29, 0.717) is 0 Å². The molecule has 0 saturated carbocycles. The normalized spacial score (nSPS) is 12.1. The second-order valence-electron chi connectivity index (χ2n) is 5.03. The van der Waals surface area contributed by atoms with E-state index in [1.807, 2.05) is 42.8 Å². The van der Waals surface area contributed by atoms with Crippen LogP contribution in [0.5, 0.6) is 0 Å². The van der Waals surface area contributed by atoms with Crippen molar-refractivity contribution < 1.29 is 9.90 Å². The molecule has 0 aliphatic rings. The van der Waals surface area contributed by atoms with Crippen LogP contribution in [-0.4, -0.2) is 45.2 Å². The predicted molar refractivity (Wildman–Crippen MR) is 89.7 cm³/mol. The molecule has 1 atom stereocenters. The highest BCUT2D eigenvalue weighted by molar-refractivity contribution is 7.98. The van der Waals surface area contributed by atoms with Crippen LogP contribution in [0.3, 0.4) is 0 Å². The van der Waals surface area contributed by atoms with Gasteiger partial charge in [0.2, 0.25) is 5.91 Å². The highest BCUT2D eigenvalue weighted by Crippen LogP contribution is 2.15. The first-order valence-electron chi connectivity index (χ1n) is 7.19. The second-order valence-corrected chi connectivity index (χ2v) is 6.01. The van der Waals surface area contributed by atoms with E-state index >= 15 is 0 Å². The van der Waals surface area contributed by atoms with Crippen molar-refractivity contribution in [1.29, 1.82) is 0 Å². The fourth-order valence-electron chi connectivity index (χ4n) is 2.11. The van der Waals surface area contributed by atoms with Crippen molar-refractivity contribution in [1.82, 2.24) is 14.9 Å². The molecule has 22 heavy (non-hydrogen) atoms. The second kappa shape index (κ2) is 8.60. The lowest BCUT2D eigenvalue weighted by molar-refractivity contribution is -0.122. The summed E-state index contributed by atoms with van der Waals surface area (Å²) in [5.41, 5.74) is 1.87. The zero-order valence-electron chi connectivity index (χ0n) is 12.6. The van der Waals surface area contributed by atoms with Crippen LogP contribution in [-0.2, 0) is 11.3 Å². The van der Waals surface area contributed by atoms with E-state index < -0.39 is 0 Å². The van der Waals surface area contributed by atoms with Gasteiger partial charge in [-0.1, -0.05) is 30.3 Å². The van der Waals surface area contributed by atoms with E-state index in [4.69, 9.17) is 0 Å². The maximum absolute atomic E-state index is 12.0. The van der Waals surface area contributed by atoms with E-state index in [0.717, 1.165) is 23.4 Å². The molecule has 0 aliphatic carbocycles. The molecule has 2 rings (SSSR count). The Morgan fingerprint density at radius 2 is 2.18 bits per heavy atom. The van der Waals surface area contributed by atoms with Gasteiger partial charge in [0.1, 0.15) is 6.54 Å². The van der Waals surface area contributed by atoms with Gasteiger partial charge in [0, 0.05) is 11.8 Å². The summed E-state index contributed by atoms with van der Waals surface area (Å²) >= 11 is 1.70. The molecule has 118 valence electrons. The molecular weight excluding hydrogens is 298 g/mol. The SMILES string of the molecule is CSCC[C@H](CO)NC(=O)Cn1cnc(-c2ccccc2)c1. The molecule has 0 radical (unpaired) electrons. The Morgan fingerprint density at radius 1 is 1.41 bits per heavy atom. The Hall–Kier alpha value is -1.79. The molecule has 0 saturated heterocycles. The Kier molecular flexibility index (Phi) is 6.48. The van der Waals surface area contributed by atoms with Crippen LogP contribution in [0.1, 0.15) is 6.42 Å².